The Hall–Kier alpha value is -1.20. The summed E-state index contributed by atoms with van der Waals surface area (Å²) in [5, 5.41) is 1.09. The van der Waals surface area contributed by atoms with Gasteiger partial charge in [0.1, 0.15) is 5.65 Å². The number of rotatable bonds is 5. The van der Waals surface area contributed by atoms with Gasteiger partial charge in [0.25, 0.3) is 7.59 Å². The molecule has 0 radical (unpaired) electrons. The van der Waals surface area contributed by atoms with E-state index in [9.17, 15) is 4.57 Å². The van der Waals surface area contributed by atoms with Crippen LogP contribution in [0.25, 0.3) is 11.0 Å². The zero-order chi connectivity index (χ0) is 14.9. The molecular formula is C13H22N5OP. The van der Waals surface area contributed by atoms with E-state index in [2.05, 4.69) is 4.98 Å². The van der Waals surface area contributed by atoms with Crippen LogP contribution in [0, 0.1) is 0 Å². The Balaban J connectivity index is 2.31. The topological polar surface area (TPSA) is 44.6 Å². The Morgan fingerprint density at radius 1 is 1.15 bits per heavy atom. The van der Waals surface area contributed by atoms with Crippen molar-refractivity contribution in [1.29, 1.82) is 0 Å². The number of hydrogen-bond donors (Lipinski definition) is 0. The van der Waals surface area contributed by atoms with Crippen LogP contribution in [0.2, 0.25) is 0 Å². The van der Waals surface area contributed by atoms with Crippen LogP contribution >= 0.6 is 7.59 Å². The van der Waals surface area contributed by atoms with Gasteiger partial charge in [-0.1, -0.05) is 0 Å². The van der Waals surface area contributed by atoms with Crippen LogP contribution in [-0.4, -0.2) is 58.8 Å². The van der Waals surface area contributed by atoms with Gasteiger partial charge in [0.15, 0.2) is 0 Å². The van der Waals surface area contributed by atoms with Crippen LogP contribution in [0.1, 0.15) is 0 Å². The highest BCUT2D eigenvalue weighted by Crippen LogP contribution is 2.52. The van der Waals surface area contributed by atoms with Gasteiger partial charge in [-0.05, 0) is 53.4 Å². The van der Waals surface area contributed by atoms with Gasteiger partial charge < -0.3 is 4.57 Å². The van der Waals surface area contributed by atoms with Gasteiger partial charge in [0.2, 0.25) is 0 Å². The fourth-order valence-electron chi connectivity index (χ4n) is 2.41. The van der Waals surface area contributed by atoms with E-state index in [4.69, 9.17) is 0 Å². The smallest absolute Gasteiger partial charge is 0.287 e. The molecule has 0 amide bonds. The predicted molar refractivity (Wildman–Crippen MR) is 82.5 cm³/mol. The first-order chi connectivity index (χ1) is 9.37. The van der Waals surface area contributed by atoms with E-state index < -0.39 is 7.59 Å². The van der Waals surface area contributed by atoms with Gasteiger partial charge in [-0.15, -0.1) is 0 Å². The zero-order valence-corrected chi connectivity index (χ0v) is 13.6. The van der Waals surface area contributed by atoms with Crippen LogP contribution in [0.3, 0.4) is 0 Å². The molecule has 0 atom stereocenters. The lowest BCUT2D eigenvalue weighted by molar-refractivity contribution is 0.324. The molecule has 0 saturated heterocycles. The molecule has 2 heterocycles. The summed E-state index contributed by atoms with van der Waals surface area (Å²) in [6.07, 6.45) is 3.75. The molecule has 0 spiro atoms. The molecular weight excluding hydrogens is 273 g/mol. The van der Waals surface area contributed by atoms with Crippen LogP contribution in [0.15, 0.2) is 30.6 Å². The molecule has 0 bridgehead atoms. The molecule has 110 valence electrons. The van der Waals surface area contributed by atoms with E-state index in [-0.39, 0.29) is 0 Å². The number of pyridine rings is 1. The molecule has 6 nitrogen and oxygen atoms in total. The zero-order valence-electron chi connectivity index (χ0n) is 12.7. The third kappa shape index (κ3) is 2.52. The standard InChI is InChI=1S/C13H22N5OP/c1-15(2)20(19,16(3)4)17(5)11-18-10-8-12-7-6-9-14-13(12)18/h6-10H,11H2,1-5H3. The normalized spacial score (nSPS) is 13.0. The summed E-state index contributed by atoms with van der Waals surface area (Å²) in [7, 11) is 6.50. The van der Waals surface area contributed by atoms with Crippen molar-refractivity contribution in [2.24, 2.45) is 0 Å². The maximum atomic E-state index is 13.1. The highest BCUT2D eigenvalue weighted by atomic mass is 31.2. The second kappa shape index (κ2) is 5.66. The van der Waals surface area contributed by atoms with Crippen LogP contribution < -0.4 is 0 Å². The molecule has 0 unspecified atom stereocenters. The van der Waals surface area contributed by atoms with Gasteiger partial charge in [-0.3, -0.25) is 4.57 Å². The molecule has 0 saturated carbocycles. The molecule has 20 heavy (non-hydrogen) atoms. The van der Waals surface area contributed by atoms with Crippen molar-refractivity contribution >= 4 is 18.6 Å². The minimum atomic E-state index is -2.72. The fraction of sp³-hybridized carbons (Fsp3) is 0.462. The van der Waals surface area contributed by atoms with Crippen molar-refractivity contribution in [1.82, 2.24) is 23.6 Å². The third-order valence-electron chi connectivity index (χ3n) is 3.37. The maximum Gasteiger partial charge on any atom is 0.287 e. The van der Waals surface area contributed by atoms with E-state index in [1.807, 2.05) is 68.9 Å². The third-order valence-corrected chi connectivity index (χ3v) is 6.47. The first-order valence-electron chi connectivity index (χ1n) is 6.44. The number of fused-ring (bicyclic) bond motifs is 1. The average Bonchev–Trinajstić information content (AvgIpc) is 2.80. The van der Waals surface area contributed by atoms with Crippen molar-refractivity contribution in [2.75, 3.05) is 35.2 Å². The van der Waals surface area contributed by atoms with Crippen molar-refractivity contribution in [3.63, 3.8) is 0 Å². The maximum absolute atomic E-state index is 13.1. The lowest BCUT2D eigenvalue weighted by Crippen LogP contribution is -2.33. The number of hydrogen-bond acceptors (Lipinski definition) is 2. The number of nitrogens with zero attached hydrogens (tertiary/aromatic N) is 5. The summed E-state index contributed by atoms with van der Waals surface area (Å²) in [6.45, 7) is 0.522. The van der Waals surface area contributed by atoms with Gasteiger partial charge in [0, 0.05) is 17.8 Å². The fourth-order valence-corrected chi connectivity index (χ4v) is 4.64. The highest BCUT2D eigenvalue weighted by molar-refractivity contribution is 7.56. The Morgan fingerprint density at radius 3 is 2.40 bits per heavy atom. The molecule has 2 aromatic heterocycles. The summed E-state index contributed by atoms with van der Waals surface area (Å²) in [5.74, 6) is 0. The molecule has 2 rings (SSSR count). The molecule has 0 N–H and O–H groups in total. The van der Waals surface area contributed by atoms with Gasteiger partial charge >= 0.3 is 0 Å². The highest BCUT2D eigenvalue weighted by Gasteiger charge is 2.33. The first kappa shape index (κ1) is 15.2. The van der Waals surface area contributed by atoms with Crippen molar-refractivity contribution in [3.05, 3.63) is 30.6 Å². The van der Waals surface area contributed by atoms with Crippen molar-refractivity contribution in [2.45, 2.75) is 6.67 Å². The molecule has 7 heteroatoms. The Bertz CT molecular complexity index is 624. The van der Waals surface area contributed by atoms with Crippen molar-refractivity contribution < 1.29 is 4.57 Å². The monoisotopic (exact) mass is 295 g/mol. The Labute approximate surface area is 120 Å². The Kier molecular flexibility index (Phi) is 4.30. The first-order valence-corrected chi connectivity index (χ1v) is 8.01. The van der Waals surface area contributed by atoms with Gasteiger partial charge in [-0.2, -0.15) is 0 Å². The minimum Gasteiger partial charge on any atom is -0.319 e. The van der Waals surface area contributed by atoms with Crippen molar-refractivity contribution in [3.8, 4) is 0 Å². The SMILES string of the molecule is CN(C)P(=O)(N(C)C)N(C)Cn1ccc2cccnc21. The van der Waals surface area contributed by atoms with E-state index in [1.54, 1.807) is 15.5 Å². The summed E-state index contributed by atoms with van der Waals surface area (Å²) in [6, 6.07) is 5.96. The molecule has 0 aromatic carbocycles. The summed E-state index contributed by atoms with van der Waals surface area (Å²) < 4.78 is 20.5. The second-order valence-corrected chi connectivity index (χ2v) is 8.52. The van der Waals surface area contributed by atoms with Crippen LogP contribution in [-0.2, 0) is 11.2 Å². The molecule has 0 fully saturated rings. The molecule has 0 aliphatic rings. The quantitative estimate of drug-likeness (QED) is 0.791. The summed E-state index contributed by atoms with van der Waals surface area (Å²) in [4.78, 5) is 4.39. The van der Waals surface area contributed by atoms with Gasteiger partial charge in [-0.25, -0.2) is 19.0 Å². The van der Waals surface area contributed by atoms with Gasteiger partial charge in [0.05, 0.1) is 6.67 Å². The molecule has 0 aliphatic heterocycles. The largest absolute Gasteiger partial charge is 0.319 e. The minimum absolute atomic E-state index is 0.522. The number of aromatic nitrogens is 2. The van der Waals surface area contributed by atoms with E-state index in [1.165, 1.54) is 0 Å². The van der Waals surface area contributed by atoms with E-state index in [0.717, 1.165) is 11.0 Å². The lowest BCUT2D eigenvalue weighted by atomic mass is 10.3. The molecule has 0 aliphatic carbocycles. The van der Waals surface area contributed by atoms with Crippen LogP contribution in [0.4, 0.5) is 0 Å². The Morgan fingerprint density at radius 2 is 1.80 bits per heavy atom. The molecule has 2 aromatic rings. The van der Waals surface area contributed by atoms with E-state index >= 15 is 0 Å². The second-order valence-electron chi connectivity index (χ2n) is 5.21. The van der Waals surface area contributed by atoms with E-state index in [0.29, 0.717) is 6.67 Å². The van der Waals surface area contributed by atoms with Crippen LogP contribution in [0.5, 0.6) is 0 Å². The average molecular weight is 295 g/mol. The summed E-state index contributed by atoms with van der Waals surface area (Å²) >= 11 is 0. The predicted octanol–water partition coefficient (Wildman–Crippen LogP) is 2.16. The summed E-state index contributed by atoms with van der Waals surface area (Å²) in [5.41, 5.74) is 0.906. The lowest BCUT2D eigenvalue weighted by Gasteiger charge is -2.37.